The fraction of sp³-hybridized carbons (Fsp3) is 0.562. The molecule has 0 amide bonds. The first-order chi connectivity index (χ1) is 10.1. The van der Waals surface area contributed by atoms with Crippen LogP contribution in [0.2, 0.25) is 0 Å². The normalized spacial score (nSPS) is 19.1. The summed E-state index contributed by atoms with van der Waals surface area (Å²) in [5.74, 6) is 0.769. The average Bonchev–Trinajstić information content (AvgIpc) is 3.29. The smallest absolute Gasteiger partial charge is 0.317 e. The van der Waals surface area contributed by atoms with Crippen LogP contribution in [0.4, 0.5) is 0 Å². The van der Waals surface area contributed by atoms with Crippen molar-refractivity contribution < 1.29 is 19.4 Å². The summed E-state index contributed by atoms with van der Waals surface area (Å²) < 4.78 is 11.4. The third-order valence-corrected chi connectivity index (χ3v) is 4.09. The van der Waals surface area contributed by atoms with Crippen molar-refractivity contribution in [3.63, 3.8) is 0 Å². The summed E-state index contributed by atoms with van der Waals surface area (Å²) in [6.07, 6.45) is 3.05. The van der Waals surface area contributed by atoms with Gasteiger partial charge >= 0.3 is 5.97 Å². The zero-order valence-corrected chi connectivity index (χ0v) is 12.2. The number of carboxylic acid groups (broad SMARTS) is 1. The van der Waals surface area contributed by atoms with Crippen LogP contribution in [0, 0.1) is 0 Å². The average molecular weight is 291 g/mol. The van der Waals surface area contributed by atoms with E-state index in [1.165, 1.54) is 0 Å². The maximum atomic E-state index is 11.1. The molecule has 3 rings (SSSR count). The molecule has 21 heavy (non-hydrogen) atoms. The first-order valence-corrected chi connectivity index (χ1v) is 7.52. The van der Waals surface area contributed by atoms with Crippen LogP contribution in [0.3, 0.4) is 0 Å². The van der Waals surface area contributed by atoms with Crippen molar-refractivity contribution in [3.8, 4) is 11.5 Å². The number of carboxylic acids is 1. The molecule has 0 bridgehead atoms. The first-order valence-electron chi connectivity index (χ1n) is 7.52. The molecule has 1 aromatic carbocycles. The number of hydrogen-bond acceptors (Lipinski definition) is 4. The highest BCUT2D eigenvalue weighted by molar-refractivity contribution is 5.69. The van der Waals surface area contributed by atoms with Gasteiger partial charge in [0, 0.05) is 18.5 Å². The van der Waals surface area contributed by atoms with Gasteiger partial charge in [0.1, 0.15) is 0 Å². The molecule has 114 valence electrons. The van der Waals surface area contributed by atoms with E-state index in [2.05, 4.69) is 11.8 Å². The van der Waals surface area contributed by atoms with Crippen LogP contribution in [0.15, 0.2) is 18.2 Å². The molecule has 1 fully saturated rings. The van der Waals surface area contributed by atoms with Crippen molar-refractivity contribution in [1.29, 1.82) is 0 Å². The molecule has 1 saturated carbocycles. The summed E-state index contributed by atoms with van der Waals surface area (Å²) >= 11 is 0. The standard InChI is InChI=1S/C16H21NO4/c1-11(17(10-16(18)19)13-4-5-13)12-3-6-14-15(9-12)21-8-2-7-20-14/h3,6,9,11,13H,2,4-5,7-8,10H2,1H3,(H,18,19). The lowest BCUT2D eigenvalue weighted by Crippen LogP contribution is -2.34. The second-order valence-corrected chi connectivity index (χ2v) is 5.73. The van der Waals surface area contributed by atoms with Crippen molar-refractivity contribution in [3.05, 3.63) is 23.8 Å². The lowest BCUT2D eigenvalue weighted by atomic mass is 10.1. The predicted octanol–water partition coefficient (Wildman–Crippen LogP) is 2.46. The molecule has 1 aliphatic carbocycles. The van der Waals surface area contributed by atoms with Gasteiger partial charge < -0.3 is 14.6 Å². The number of carbonyl (C=O) groups is 1. The topological polar surface area (TPSA) is 59.0 Å². The van der Waals surface area contributed by atoms with Gasteiger partial charge in [-0.2, -0.15) is 0 Å². The van der Waals surface area contributed by atoms with E-state index >= 15 is 0 Å². The number of hydrogen-bond donors (Lipinski definition) is 1. The minimum absolute atomic E-state index is 0.0609. The summed E-state index contributed by atoms with van der Waals surface area (Å²) in [6, 6.07) is 6.38. The van der Waals surface area contributed by atoms with Crippen molar-refractivity contribution in [2.45, 2.75) is 38.3 Å². The van der Waals surface area contributed by atoms with Crippen LogP contribution in [0.1, 0.15) is 37.8 Å². The highest BCUT2D eigenvalue weighted by Gasteiger charge is 2.34. The minimum atomic E-state index is -0.775. The van der Waals surface area contributed by atoms with Gasteiger partial charge in [-0.1, -0.05) is 6.07 Å². The third-order valence-electron chi connectivity index (χ3n) is 4.09. The molecule has 1 aromatic rings. The molecular formula is C16H21NO4. The van der Waals surface area contributed by atoms with Gasteiger partial charge in [-0.3, -0.25) is 9.69 Å². The lowest BCUT2D eigenvalue weighted by Gasteiger charge is -2.28. The molecule has 1 N–H and O–H groups in total. The molecule has 0 saturated heterocycles. The molecule has 2 aliphatic rings. The van der Waals surface area contributed by atoms with E-state index in [1.54, 1.807) is 0 Å². The Morgan fingerprint density at radius 1 is 1.33 bits per heavy atom. The van der Waals surface area contributed by atoms with Gasteiger partial charge in [-0.25, -0.2) is 0 Å². The van der Waals surface area contributed by atoms with Gasteiger partial charge in [-0.15, -0.1) is 0 Å². The second-order valence-electron chi connectivity index (χ2n) is 5.73. The van der Waals surface area contributed by atoms with E-state index in [1.807, 2.05) is 18.2 Å². The van der Waals surface area contributed by atoms with E-state index in [-0.39, 0.29) is 12.6 Å². The van der Waals surface area contributed by atoms with Crippen LogP contribution < -0.4 is 9.47 Å². The predicted molar refractivity (Wildman–Crippen MR) is 77.8 cm³/mol. The number of rotatable bonds is 5. The second kappa shape index (κ2) is 5.93. The van der Waals surface area contributed by atoms with Crippen molar-refractivity contribution >= 4 is 5.97 Å². The van der Waals surface area contributed by atoms with Crippen LogP contribution in [-0.2, 0) is 4.79 Å². The summed E-state index contributed by atoms with van der Waals surface area (Å²) in [7, 11) is 0. The highest BCUT2D eigenvalue weighted by atomic mass is 16.5. The molecule has 1 heterocycles. The van der Waals surface area contributed by atoms with E-state index in [0.717, 1.165) is 36.3 Å². The maximum absolute atomic E-state index is 11.1. The highest BCUT2D eigenvalue weighted by Crippen LogP contribution is 2.37. The molecule has 0 radical (unpaired) electrons. The Hall–Kier alpha value is -1.75. The molecule has 5 heteroatoms. The number of aliphatic carboxylic acids is 1. The molecule has 5 nitrogen and oxygen atoms in total. The van der Waals surface area contributed by atoms with Crippen molar-refractivity contribution in [2.75, 3.05) is 19.8 Å². The number of ether oxygens (including phenoxy) is 2. The van der Waals surface area contributed by atoms with Crippen LogP contribution in [0.25, 0.3) is 0 Å². The quantitative estimate of drug-likeness (QED) is 0.903. The number of fused-ring (bicyclic) bond motifs is 1. The van der Waals surface area contributed by atoms with Crippen LogP contribution in [-0.4, -0.2) is 41.8 Å². The number of benzene rings is 1. The molecule has 1 aliphatic heterocycles. The van der Waals surface area contributed by atoms with E-state index in [0.29, 0.717) is 19.3 Å². The molecular weight excluding hydrogens is 270 g/mol. The zero-order valence-electron chi connectivity index (χ0n) is 12.2. The Labute approximate surface area is 124 Å². The Morgan fingerprint density at radius 3 is 2.71 bits per heavy atom. The SMILES string of the molecule is CC(c1ccc2c(c1)OCCCO2)N(CC(=O)O)C1CC1. The van der Waals surface area contributed by atoms with Crippen molar-refractivity contribution in [2.24, 2.45) is 0 Å². The first kappa shape index (κ1) is 14.2. The summed E-state index contributed by atoms with van der Waals surface area (Å²) in [4.78, 5) is 13.1. The summed E-state index contributed by atoms with van der Waals surface area (Å²) in [5.41, 5.74) is 1.08. The fourth-order valence-electron chi connectivity index (χ4n) is 2.78. The monoisotopic (exact) mass is 291 g/mol. The van der Waals surface area contributed by atoms with Crippen molar-refractivity contribution in [1.82, 2.24) is 4.90 Å². The Morgan fingerprint density at radius 2 is 2.05 bits per heavy atom. The van der Waals surface area contributed by atoms with Crippen LogP contribution >= 0.6 is 0 Å². The van der Waals surface area contributed by atoms with Gasteiger partial charge in [-0.05, 0) is 37.5 Å². The lowest BCUT2D eigenvalue weighted by molar-refractivity contribution is -0.139. The Bertz CT molecular complexity index is 527. The zero-order chi connectivity index (χ0) is 14.8. The maximum Gasteiger partial charge on any atom is 0.317 e. The van der Waals surface area contributed by atoms with E-state index in [9.17, 15) is 4.79 Å². The Kier molecular flexibility index (Phi) is 4.01. The summed E-state index contributed by atoms with van der Waals surface area (Å²) in [5, 5.41) is 9.10. The van der Waals surface area contributed by atoms with E-state index < -0.39 is 5.97 Å². The molecule has 1 unspecified atom stereocenters. The molecule has 0 aromatic heterocycles. The summed E-state index contributed by atoms with van der Waals surface area (Å²) in [6.45, 7) is 3.47. The molecule has 1 atom stereocenters. The van der Waals surface area contributed by atoms with Crippen LogP contribution in [0.5, 0.6) is 11.5 Å². The number of nitrogens with zero attached hydrogens (tertiary/aromatic N) is 1. The largest absolute Gasteiger partial charge is 0.490 e. The van der Waals surface area contributed by atoms with Gasteiger partial charge in [0.15, 0.2) is 11.5 Å². The minimum Gasteiger partial charge on any atom is -0.490 e. The van der Waals surface area contributed by atoms with Gasteiger partial charge in [0.25, 0.3) is 0 Å². The fourth-order valence-corrected chi connectivity index (χ4v) is 2.78. The van der Waals surface area contributed by atoms with Gasteiger partial charge in [0.2, 0.25) is 0 Å². The Balaban J connectivity index is 1.81. The van der Waals surface area contributed by atoms with Gasteiger partial charge in [0.05, 0.1) is 19.8 Å². The third kappa shape index (κ3) is 3.29. The van der Waals surface area contributed by atoms with E-state index in [4.69, 9.17) is 14.6 Å². The molecule has 0 spiro atoms.